The number of aromatic nitrogens is 4. The number of anilines is 1. The van der Waals surface area contributed by atoms with E-state index < -0.39 is 40.7 Å². The van der Waals surface area contributed by atoms with Crippen molar-refractivity contribution in [2.45, 2.75) is 24.9 Å². The van der Waals surface area contributed by atoms with Crippen molar-refractivity contribution in [2.24, 2.45) is 0 Å². The molecule has 0 amide bonds. The smallest absolute Gasteiger partial charge is 0.790 e. The second-order valence-corrected chi connectivity index (χ2v) is 7.75. The van der Waals surface area contributed by atoms with Gasteiger partial charge in [0, 0.05) is 13.5 Å². The molecule has 3 atom stereocenters. The molecule has 1 saturated heterocycles. The molecule has 0 bridgehead atoms. The van der Waals surface area contributed by atoms with Crippen LogP contribution in [0.25, 0.3) is 11.2 Å². The van der Waals surface area contributed by atoms with E-state index in [1.165, 1.54) is 17.2 Å². The normalized spacial score (nSPS) is 20.7. The van der Waals surface area contributed by atoms with E-state index >= 15 is 0 Å². The first-order valence-corrected chi connectivity index (χ1v) is 10.4. The summed E-state index contributed by atoms with van der Waals surface area (Å²) in [6.07, 6.45) is -1.10. The maximum Gasteiger partial charge on any atom is 1.00 e. The fourth-order valence-corrected chi connectivity index (χ4v) is 3.59. The maximum absolute atomic E-state index is 11.0. The maximum atomic E-state index is 11.0. The minimum atomic E-state index is -5.40. The third-order valence-electron chi connectivity index (χ3n) is 3.75. The molecular weight excluding hydrogens is 500 g/mol. The van der Waals surface area contributed by atoms with Gasteiger partial charge < -0.3 is 47.8 Å². The molecule has 14 nitrogen and oxygen atoms in total. The van der Waals surface area contributed by atoms with Crippen LogP contribution in [0.15, 0.2) is 12.7 Å². The first kappa shape index (κ1) is 35.7. The molecule has 1 N–H and O–H groups in total. The Balaban J connectivity index is 0. The standard InChI is InChI=1S/C11H17N5O9P2.4Na/c1-12-10-9-11(14-4-13-10)16(5-15-9)8-2-6(25-27(20,21)22)7(24-8)3-23-26(17,18)19;;;;/h4-8H,2-3H2,1H3,(H,12,13,14)(H2,17,18,19)(H2,20,21,22);;;;/q;4*+1/p-4/t6-,7+,8-;;;;/m0..../s1. The molecule has 3 rings (SSSR count). The number of nitrogens with one attached hydrogen (secondary N) is 1. The van der Waals surface area contributed by atoms with Crippen LogP contribution in [0.3, 0.4) is 0 Å². The minimum Gasteiger partial charge on any atom is -0.790 e. The van der Waals surface area contributed by atoms with Crippen LogP contribution in [-0.4, -0.2) is 45.4 Å². The van der Waals surface area contributed by atoms with Gasteiger partial charge in [-0.15, -0.1) is 0 Å². The second kappa shape index (κ2) is 14.9. The number of hydrogen-bond acceptors (Lipinski definition) is 13. The largest absolute Gasteiger partial charge is 1.00 e. The number of phosphoric acid groups is 2. The third kappa shape index (κ3) is 10.2. The van der Waals surface area contributed by atoms with Crippen LogP contribution in [0.1, 0.15) is 12.6 Å². The van der Waals surface area contributed by atoms with Gasteiger partial charge in [0.2, 0.25) is 0 Å². The third-order valence-corrected chi connectivity index (χ3v) is 4.74. The molecule has 3 heterocycles. The summed E-state index contributed by atoms with van der Waals surface area (Å²) in [4.78, 5) is 55.5. The number of phosphoric ester groups is 2. The fourth-order valence-electron chi connectivity index (χ4n) is 2.71. The molecule has 20 heteroatoms. The molecule has 2 aromatic rings. The summed E-state index contributed by atoms with van der Waals surface area (Å²) in [6.45, 7) is -0.811. The van der Waals surface area contributed by atoms with Gasteiger partial charge in [0.25, 0.3) is 0 Å². The van der Waals surface area contributed by atoms with E-state index in [9.17, 15) is 28.7 Å². The molecule has 0 unspecified atom stereocenters. The van der Waals surface area contributed by atoms with Crippen LogP contribution in [0.5, 0.6) is 0 Å². The molecule has 31 heavy (non-hydrogen) atoms. The second-order valence-electron chi connectivity index (χ2n) is 5.50. The molecule has 0 radical (unpaired) electrons. The van der Waals surface area contributed by atoms with Crippen LogP contribution in [0.2, 0.25) is 0 Å². The zero-order chi connectivity index (χ0) is 19.8. The molecule has 2 aromatic heterocycles. The van der Waals surface area contributed by atoms with E-state index in [1.807, 2.05) is 0 Å². The van der Waals surface area contributed by atoms with Gasteiger partial charge in [0.05, 0.1) is 34.7 Å². The van der Waals surface area contributed by atoms with Crippen molar-refractivity contribution in [1.82, 2.24) is 19.5 Å². The van der Waals surface area contributed by atoms with E-state index in [4.69, 9.17) is 4.74 Å². The average Bonchev–Trinajstić information content (AvgIpc) is 3.14. The first-order chi connectivity index (χ1) is 12.6. The number of nitrogens with zero attached hydrogens (tertiary/aromatic N) is 4. The Morgan fingerprint density at radius 3 is 2.32 bits per heavy atom. The number of fused-ring (bicyclic) bond motifs is 1. The molecule has 1 fully saturated rings. The van der Waals surface area contributed by atoms with Crippen LogP contribution in [0, 0.1) is 0 Å². The van der Waals surface area contributed by atoms with Crippen LogP contribution < -0.4 is 143 Å². The average molecular weight is 513 g/mol. The summed E-state index contributed by atoms with van der Waals surface area (Å²) < 4.78 is 37.2. The minimum absolute atomic E-state index is 0. The van der Waals surface area contributed by atoms with E-state index in [0.717, 1.165) is 0 Å². The van der Waals surface area contributed by atoms with Crippen LogP contribution >= 0.6 is 15.6 Å². The first-order valence-electron chi connectivity index (χ1n) is 7.45. The van der Waals surface area contributed by atoms with Crippen molar-refractivity contribution in [3.05, 3.63) is 12.7 Å². The Bertz CT molecular complexity index is 928. The van der Waals surface area contributed by atoms with Crippen molar-refractivity contribution in [3.63, 3.8) is 0 Å². The topological polar surface area (TPSA) is 210 Å². The van der Waals surface area contributed by atoms with Crippen molar-refractivity contribution in [3.8, 4) is 0 Å². The van der Waals surface area contributed by atoms with Crippen LogP contribution in [0.4, 0.5) is 5.82 Å². The van der Waals surface area contributed by atoms with Gasteiger partial charge in [-0.25, -0.2) is 15.0 Å². The van der Waals surface area contributed by atoms with Gasteiger partial charge in [-0.05, 0) is 0 Å². The van der Waals surface area contributed by atoms with E-state index in [2.05, 4.69) is 29.3 Å². The fraction of sp³-hybridized carbons (Fsp3) is 0.545. The quantitative estimate of drug-likeness (QED) is 0.270. The van der Waals surface area contributed by atoms with Gasteiger partial charge in [-0.1, -0.05) is 0 Å². The van der Waals surface area contributed by atoms with Gasteiger partial charge in [-0.3, -0.25) is 4.57 Å². The van der Waals surface area contributed by atoms with Crippen molar-refractivity contribution >= 4 is 32.6 Å². The van der Waals surface area contributed by atoms with Crippen LogP contribution in [-0.2, 0) is 22.9 Å². The molecule has 1 aliphatic heterocycles. The number of rotatable bonds is 7. The molecule has 0 saturated carbocycles. The number of hydrogen-bond donors (Lipinski definition) is 1. The SMILES string of the molecule is CNc1ncnc2c1ncn2[C@@H]1C[C@H](OP(=O)([O-])[O-])[C@@H](COP(=O)([O-])[O-])O1.[Na+].[Na+].[Na+].[Na+]. The summed E-state index contributed by atoms with van der Waals surface area (Å²) in [6, 6.07) is 0. The molecule has 1 aliphatic rings. The van der Waals surface area contributed by atoms with Gasteiger partial charge in [0.1, 0.15) is 24.2 Å². The Labute approximate surface area is 265 Å². The number of imidazole rings is 1. The summed E-state index contributed by atoms with van der Waals surface area (Å²) in [7, 11) is -9.10. The summed E-state index contributed by atoms with van der Waals surface area (Å²) in [5.74, 6) is 0.437. The Morgan fingerprint density at radius 1 is 1.13 bits per heavy atom. The monoisotopic (exact) mass is 513 g/mol. The van der Waals surface area contributed by atoms with E-state index in [1.54, 1.807) is 7.05 Å². The Kier molecular flexibility index (Phi) is 17.2. The number of ether oxygens (including phenoxy) is 1. The van der Waals surface area contributed by atoms with Gasteiger partial charge in [-0.2, -0.15) is 0 Å². The molecule has 150 valence electrons. The zero-order valence-corrected chi connectivity index (χ0v) is 27.4. The zero-order valence-electron chi connectivity index (χ0n) is 17.7. The molecule has 0 aliphatic carbocycles. The molecule has 0 spiro atoms. The van der Waals surface area contributed by atoms with Crippen molar-refractivity contribution in [2.75, 3.05) is 19.0 Å². The predicted molar refractivity (Wildman–Crippen MR) is 79.4 cm³/mol. The van der Waals surface area contributed by atoms with Crippen molar-refractivity contribution < 1.29 is 161 Å². The van der Waals surface area contributed by atoms with Gasteiger partial charge in [0.15, 0.2) is 11.5 Å². The van der Waals surface area contributed by atoms with E-state index in [0.29, 0.717) is 17.0 Å². The van der Waals surface area contributed by atoms with Crippen molar-refractivity contribution in [1.29, 1.82) is 0 Å². The van der Waals surface area contributed by atoms with Gasteiger partial charge >= 0.3 is 118 Å². The Morgan fingerprint density at radius 2 is 1.77 bits per heavy atom. The predicted octanol–water partition coefficient (Wildman–Crippen LogP) is -14.8. The summed E-state index contributed by atoms with van der Waals surface area (Å²) >= 11 is 0. The van der Waals surface area contributed by atoms with E-state index in [-0.39, 0.29) is 125 Å². The summed E-state index contributed by atoms with van der Waals surface area (Å²) in [5, 5.41) is 2.83. The Hall–Kier alpha value is 2.53. The molecular formula is C11H13N5Na4O9P2. The molecule has 0 aromatic carbocycles. The summed E-state index contributed by atoms with van der Waals surface area (Å²) in [5.41, 5.74) is 0.744.